The number of thiazole rings is 1. The van der Waals surface area contributed by atoms with Gasteiger partial charge in [-0.05, 0) is 35.7 Å². The Morgan fingerprint density at radius 1 is 1.07 bits per heavy atom. The molecule has 0 aliphatic carbocycles. The molecule has 0 bridgehead atoms. The molecule has 10 nitrogen and oxygen atoms in total. The highest BCUT2D eigenvalue weighted by Gasteiger charge is 2.34. The number of carboxylic acid groups (broad SMARTS) is 1. The molecule has 2 aromatic rings. The lowest BCUT2D eigenvalue weighted by atomic mass is 9.92. The van der Waals surface area contributed by atoms with Crippen LogP contribution in [0.15, 0.2) is 35.7 Å². The SMILES string of the molecule is CCC(C)C(N)C(=O)N(C)C(CC(OC(=O)CC(C)(C)C)c1nc(C(=O)NC(Cc2ccccc2)CC(C)C(=O)O)cs1)C(C)C. The number of benzene rings is 1. The number of carbonyl (C=O) groups is 4. The molecular weight excluding hydrogens is 604 g/mol. The molecule has 46 heavy (non-hydrogen) atoms. The molecule has 0 fully saturated rings. The van der Waals surface area contributed by atoms with Crippen LogP contribution in [0.4, 0.5) is 0 Å². The molecule has 0 aliphatic heterocycles. The first-order valence-corrected chi connectivity index (χ1v) is 17.1. The molecule has 0 saturated carbocycles. The van der Waals surface area contributed by atoms with Crippen LogP contribution in [0.5, 0.6) is 0 Å². The quantitative estimate of drug-likeness (QED) is 0.179. The number of ether oxygens (including phenoxy) is 1. The standard InChI is InChI=1S/C35H54N4O6S/c1-10-22(4)30(36)33(42)39(9)27(21(2)3)18-28(45-29(40)19-35(6,7)8)32-38-26(20-46-32)31(41)37-25(16-23(5)34(43)44)17-24-14-12-11-13-15-24/h11-15,20-23,25,27-28,30H,10,16-19,36H2,1-9H3,(H,37,41)(H,43,44). The van der Waals surface area contributed by atoms with Crippen LogP contribution in [-0.4, -0.2) is 63.9 Å². The number of hydrogen-bond acceptors (Lipinski definition) is 8. The fraction of sp³-hybridized carbons (Fsp3) is 0.629. The summed E-state index contributed by atoms with van der Waals surface area (Å²) in [6, 6.07) is 8.16. The predicted molar refractivity (Wildman–Crippen MR) is 181 cm³/mol. The largest absolute Gasteiger partial charge is 0.481 e. The molecule has 0 aliphatic rings. The maximum atomic E-state index is 13.4. The van der Waals surface area contributed by atoms with Gasteiger partial charge in [0.15, 0.2) is 6.10 Å². The first-order chi connectivity index (χ1) is 21.4. The Labute approximate surface area is 278 Å². The molecule has 6 atom stereocenters. The van der Waals surface area contributed by atoms with E-state index in [9.17, 15) is 24.3 Å². The average molecular weight is 659 g/mol. The smallest absolute Gasteiger partial charge is 0.307 e. The van der Waals surface area contributed by atoms with E-state index >= 15 is 0 Å². The van der Waals surface area contributed by atoms with Crippen LogP contribution >= 0.6 is 11.3 Å². The minimum atomic E-state index is -0.934. The highest BCUT2D eigenvalue weighted by atomic mass is 32.1. The van der Waals surface area contributed by atoms with Crippen molar-refractivity contribution in [2.45, 2.75) is 112 Å². The Morgan fingerprint density at radius 3 is 2.24 bits per heavy atom. The number of esters is 1. The number of nitrogens with two attached hydrogens (primary N) is 1. The minimum Gasteiger partial charge on any atom is -0.481 e. The summed E-state index contributed by atoms with van der Waals surface area (Å²) in [6.07, 6.45) is 1.15. The summed E-state index contributed by atoms with van der Waals surface area (Å²) in [5, 5.41) is 14.6. The summed E-state index contributed by atoms with van der Waals surface area (Å²) >= 11 is 1.21. The zero-order valence-corrected chi connectivity index (χ0v) is 29.7. The summed E-state index contributed by atoms with van der Waals surface area (Å²) in [4.78, 5) is 57.8. The number of nitrogens with one attached hydrogen (secondary N) is 1. The topological polar surface area (TPSA) is 152 Å². The van der Waals surface area contributed by atoms with Gasteiger partial charge < -0.3 is 25.8 Å². The molecular formula is C35H54N4O6S. The van der Waals surface area contributed by atoms with Crippen LogP contribution in [0.1, 0.15) is 108 Å². The second-order valence-corrected chi connectivity index (χ2v) is 14.9. The van der Waals surface area contributed by atoms with Gasteiger partial charge in [0.2, 0.25) is 5.91 Å². The number of rotatable bonds is 17. The van der Waals surface area contributed by atoms with Crippen molar-refractivity contribution in [3.63, 3.8) is 0 Å². The summed E-state index contributed by atoms with van der Waals surface area (Å²) in [5.74, 6) is -2.58. The van der Waals surface area contributed by atoms with E-state index in [0.717, 1.165) is 12.0 Å². The van der Waals surface area contributed by atoms with E-state index < -0.39 is 42.0 Å². The Kier molecular flexibility index (Phi) is 14.8. The maximum Gasteiger partial charge on any atom is 0.307 e. The van der Waals surface area contributed by atoms with Gasteiger partial charge in [0.1, 0.15) is 10.7 Å². The molecule has 1 aromatic carbocycles. The van der Waals surface area contributed by atoms with E-state index in [-0.39, 0.29) is 54.2 Å². The van der Waals surface area contributed by atoms with Gasteiger partial charge in [-0.1, -0.05) is 92.1 Å². The highest BCUT2D eigenvalue weighted by molar-refractivity contribution is 7.09. The van der Waals surface area contributed by atoms with E-state index in [0.29, 0.717) is 11.4 Å². The van der Waals surface area contributed by atoms with Gasteiger partial charge in [-0.25, -0.2) is 4.98 Å². The van der Waals surface area contributed by atoms with Crippen molar-refractivity contribution in [1.82, 2.24) is 15.2 Å². The number of nitrogens with zero attached hydrogens (tertiary/aromatic N) is 2. The summed E-state index contributed by atoms with van der Waals surface area (Å²) in [6.45, 7) is 15.4. The maximum absolute atomic E-state index is 13.4. The number of carboxylic acids is 1. The number of carbonyl (C=O) groups excluding carboxylic acids is 3. The van der Waals surface area contributed by atoms with E-state index in [1.54, 1.807) is 24.3 Å². The lowest BCUT2D eigenvalue weighted by molar-refractivity contribution is -0.153. The third-order valence-electron chi connectivity index (χ3n) is 8.31. The number of hydrogen-bond donors (Lipinski definition) is 3. The molecule has 4 N–H and O–H groups in total. The highest BCUT2D eigenvalue weighted by Crippen LogP contribution is 2.32. The Morgan fingerprint density at radius 2 is 1.70 bits per heavy atom. The minimum absolute atomic E-state index is 0.00686. The molecule has 1 aromatic heterocycles. The third-order valence-corrected chi connectivity index (χ3v) is 9.25. The van der Waals surface area contributed by atoms with Gasteiger partial charge in [0, 0.05) is 30.9 Å². The van der Waals surface area contributed by atoms with Crippen LogP contribution in [-0.2, 0) is 25.5 Å². The second-order valence-electron chi connectivity index (χ2n) is 14.0. The first kappa shape index (κ1) is 38.9. The number of likely N-dealkylation sites (N-methyl/N-ethyl adjacent to an activating group) is 1. The van der Waals surface area contributed by atoms with Crippen molar-refractivity contribution < 1.29 is 29.0 Å². The first-order valence-electron chi connectivity index (χ1n) is 16.2. The lowest BCUT2D eigenvalue weighted by Gasteiger charge is -2.36. The van der Waals surface area contributed by atoms with E-state index in [1.807, 2.05) is 78.8 Å². The summed E-state index contributed by atoms with van der Waals surface area (Å²) < 4.78 is 6.03. The molecule has 6 unspecified atom stereocenters. The van der Waals surface area contributed by atoms with Crippen LogP contribution in [0, 0.1) is 23.2 Å². The van der Waals surface area contributed by atoms with Crippen molar-refractivity contribution in [1.29, 1.82) is 0 Å². The zero-order valence-electron chi connectivity index (χ0n) is 28.9. The van der Waals surface area contributed by atoms with Crippen molar-refractivity contribution in [3.8, 4) is 0 Å². The van der Waals surface area contributed by atoms with Crippen molar-refractivity contribution in [2.75, 3.05) is 7.05 Å². The molecule has 1 heterocycles. The van der Waals surface area contributed by atoms with E-state index in [4.69, 9.17) is 10.5 Å². The van der Waals surface area contributed by atoms with Crippen molar-refractivity contribution >= 4 is 35.1 Å². The Balaban J connectivity index is 2.37. The summed E-state index contributed by atoms with van der Waals surface area (Å²) in [7, 11) is 1.73. The van der Waals surface area contributed by atoms with Gasteiger partial charge in [0.25, 0.3) is 5.91 Å². The summed E-state index contributed by atoms with van der Waals surface area (Å²) in [5.41, 5.74) is 7.14. The number of aliphatic carboxylic acids is 1. The fourth-order valence-electron chi connectivity index (χ4n) is 5.24. The lowest BCUT2D eigenvalue weighted by Crippen LogP contribution is -2.51. The average Bonchev–Trinajstić information content (AvgIpc) is 3.47. The van der Waals surface area contributed by atoms with Crippen molar-refractivity contribution in [2.24, 2.45) is 28.9 Å². The molecule has 0 spiro atoms. The monoisotopic (exact) mass is 658 g/mol. The normalized spacial score (nSPS) is 15.7. The van der Waals surface area contributed by atoms with Crippen LogP contribution in [0.3, 0.4) is 0 Å². The van der Waals surface area contributed by atoms with Gasteiger partial charge in [-0.15, -0.1) is 11.3 Å². The molecule has 0 radical (unpaired) electrons. The van der Waals surface area contributed by atoms with E-state index in [1.165, 1.54) is 11.3 Å². The molecule has 11 heteroatoms. The second kappa shape index (κ2) is 17.6. The number of aromatic nitrogens is 1. The van der Waals surface area contributed by atoms with Gasteiger partial charge in [-0.3, -0.25) is 19.2 Å². The van der Waals surface area contributed by atoms with E-state index in [2.05, 4.69) is 10.3 Å². The van der Waals surface area contributed by atoms with Crippen LogP contribution in [0.25, 0.3) is 0 Å². The predicted octanol–water partition coefficient (Wildman–Crippen LogP) is 5.86. The van der Waals surface area contributed by atoms with Gasteiger partial charge in [-0.2, -0.15) is 0 Å². The number of amides is 2. The molecule has 2 amide bonds. The third kappa shape index (κ3) is 12.1. The van der Waals surface area contributed by atoms with Gasteiger partial charge in [0.05, 0.1) is 18.4 Å². The van der Waals surface area contributed by atoms with Crippen LogP contribution < -0.4 is 11.1 Å². The Bertz CT molecular complexity index is 1290. The van der Waals surface area contributed by atoms with Crippen molar-refractivity contribution in [3.05, 3.63) is 52.0 Å². The fourth-order valence-corrected chi connectivity index (χ4v) is 6.08. The zero-order chi connectivity index (χ0) is 34.8. The molecule has 256 valence electrons. The van der Waals surface area contributed by atoms with Crippen LogP contribution in [0.2, 0.25) is 0 Å². The molecule has 0 saturated heterocycles. The Hall–Kier alpha value is -3.31. The van der Waals surface area contributed by atoms with Gasteiger partial charge >= 0.3 is 11.9 Å². The molecule has 2 rings (SSSR count).